The van der Waals surface area contributed by atoms with Crippen molar-refractivity contribution in [2.24, 2.45) is 0 Å². The minimum absolute atomic E-state index is 0.329. The molecule has 0 atom stereocenters. The summed E-state index contributed by atoms with van der Waals surface area (Å²) < 4.78 is 0. The second kappa shape index (κ2) is 10.1. The van der Waals surface area contributed by atoms with E-state index in [4.69, 9.17) is 0 Å². The molecule has 0 saturated heterocycles. The molecule has 0 bridgehead atoms. The van der Waals surface area contributed by atoms with Crippen LogP contribution >= 0.6 is 12.6 Å². The number of hydrogen-bond acceptors (Lipinski definition) is 2. The van der Waals surface area contributed by atoms with Crippen molar-refractivity contribution >= 4 is 18.4 Å². The predicted octanol–water partition coefficient (Wildman–Crippen LogP) is 3.63. The van der Waals surface area contributed by atoms with Crippen LogP contribution in [0.3, 0.4) is 0 Å². The van der Waals surface area contributed by atoms with Crippen LogP contribution in [0.25, 0.3) is 0 Å². The van der Waals surface area contributed by atoms with Crippen molar-refractivity contribution in [3.8, 4) is 0 Å². The fourth-order valence-electron chi connectivity index (χ4n) is 1.37. The number of rotatable bonds is 9. The maximum Gasteiger partial charge on any atom is 0.129 e. The van der Waals surface area contributed by atoms with Gasteiger partial charge in [-0.1, -0.05) is 32.1 Å². The van der Waals surface area contributed by atoms with Gasteiger partial charge in [-0.3, -0.25) is 0 Å². The van der Waals surface area contributed by atoms with Gasteiger partial charge >= 0.3 is 0 Å². The second-order valence-corrected chi connectivity index (χ2v) is 4.10. The molecule has 0 unspecified atom stereocenters. The molecule has 0 aliphatic carbocycles. The average Bonchev–Trinajstić information content (AvgIpc) is 2.09. The SMILES string of the molecule is CC(=O)CCCCCCCCCS. The van der Waals surface area contributed by atoms with E-state index in [0.717, 1.165) is 18.6 Å². The largest absolute Gasteiger partial charge is 0.300 e. The molecule has 0 amide bonds. The van der Waals surface area contributed by atoms with Gasteiger partial charge < -0.3 is 4.79 Å². The van der Waals surface area contributed by atoms with E-state index < -0.39 is 0 Å². The first-order chi connectivity index (χ1) is 6.27. The van der Waals surface area contributed by atoms with Gasteiger partial charge in [0.15, 0.2) is 0 Å². The number of thiol groups is 1. The molecule has 0 aliphatic heterocycles. The Morgan fingerprint density at radius 1 is 0.923 bits per heavy atom. The molecule has 78 valence electrons. The van der Waals surface area contributed by atoms with Gasteiger partial charge in [-0.15, -0.1) is 0 Å². The normalized spacial score (nSPS) is 10.3. The molecular weight excluding hydrogens is 180 g/mol. The molecule has 1 nitrogen and oxygen atoms in total. The molecule has 0 aromatic rings. The van der Waals surface area contributed by atoms with Crippen molar-refractivity contribution in [3.63, 3.8) is 0 Å². The van der Waals surface area contributed by atoms with E-state index in [-0.39, 0.29) is 0 Å². The molecule has 0 N–H and O–H groups in total. The minimum Gasteiger partial charge on any atom is -0.300 e. The maximum atomic E-state index is 10.6. The fraction of sp³-hybridized carbons (Fsp3) is 0.909. The summed E-state index contributed by atoms with van der Waals surface area (Å²) in [5, 5.41) is 0. The lowest BCUT2D eigenvalue weighted by Crippen LogP contribution is -1.89. The molecule has 0 heterocycles. The Hall–Kier alpha value is 0.0200. The van der Waals surface area contributed by atoms with Crippen molar-refractivity contribution in [2.75, 3.05) is 5.75 Å². The first kappa shape index (κ1) is 13.0. The van der Waals surface area contributed by atoms with Crippen molar-refractivity contribution in [1.29, 1.82) is 0 Å². The van der Waals surface area contributed by atoms with Gasteiger partial charge in [0.25, 0.3) is 0 Å². The zero-order chi connectivity index (χ0) is 9.94. The molecule has 13 heavy (non-hydrogen) atoms. The first-order valence-corrected chi connectivity index (χ1v) is 6.01. The highest BCUT2D eigenvalue weighted by Crippen LogP contribution is 2.08. The quantitative estimate of drug-likeness (QED) is 0.446. The molecule has 0 rings (SSSR count). The van der Waals surface area contributed by atoms with Gasteiger partial charge in [0.1, 0.15) is 5.78 Å². The molecule has 2 heteroatoms. The second-order valence-electron chi connectivity index (χ2n) is 3.65. The fourth-order valence-corrected chi connectivity index (χ4v) is 1.59. The van der Waals surface area contributed by atoms with Gasteiger partial charge in [0.2, 0.25) is 0 Å². The summed E-state index contributed by atoms with van der Waals surface area (Å²) in [6.07, 6.45) is 9.60. The van der Waals surface area contributed by atoms with Crippen LogP contribution < -0.4 is 0 Å². The van der Waals surface area contributed by atoms with Crippen LogP contribution in [0.1, 0.15) is 58.3 Å². The van der Waals surface area contributed by atoms with Crippen molar-refractivity contribution in [3.05, 3.63) is 0 Å². The third-order valence-corrected chi connectivity index (χ3v) is 2.50. The molecule has 0 aliphatic rings. The highest BCUT2D eigenvalue weighted by atomic mass is 32.1. The van der Waals surface area contributed by atoms with Gasteiger partial charge in [-0.25, -0.2) is 0 Å². The monoisotopic (exact) mass is 202 g/mol. The van der Waals surface area contributed by atoms with E-state index in [1.54, 1.807) is 6.92 Å². The summed E-state index contributed by atoms with van der Waals surface area (Å²) in [5.41, 5.74) is 0. The number of carbonyl (C=O) groups excluding carboxylic acids is 1. The van der Waals surface area contributed by atoms with E-state index in [9.17, 15) is 4.79 Å². The molecule has 0 aromatic carbocycles. The van der Waals surface area contributed by atoms with Crippen molar-refractivity contribution < 1.29 is 4.79 Å². The van der Waals surface area contributed by atoms with E-state index in [2.05, 4.69) is 12.6 Å². The summed E-state index contributed by atoms with van der Waals surface area (Å²) >= 11 is 4.16. The van der Waals surface area contributed by atoms with Gasteiger partial charge in [-0.05, 0) is 25.5 Å². The standard InChI is InChI=1S/C11H22OS/c1-11(12)9-7-5-3-2-4-6-8-10-13/h13H,2-10H2,1H3. The maximum absolute atomic E-state index is 10.6. The third-order valence-electron chi connectivity index (χ3n) is 2.19. The van der Waals surface area contributed by atoms with Crippen molar-refractivity contribution in [1.82, 2.24) is 0 Å². The molecule has 0 fully saturated rings. The van der Waals surface area contributed by atoms with Crippen LogP contribution in [0.5, 0.6) is 0 Å². The van der Waals surface area contributed by atoms with E-state index >= 15 is 0 Å². The Balaban J connectivity index is 2.87. The zero-order valence-electron chi connectivity index (χ0n) is 8.72. The lowest BCUT2D eigenvalue weighted by atomic mass is 10.1. The van der Waals surface area contributed by atoms with Crippen molar-refractivity contribution in [2.45, 2.75) is 58.3 Å². The Morgan fingerprint density at radius 2 is 1.38 bits per heavy atom. The van der Waals surface area contributed by atoms with Crippen LogP contribution in [-0.4, -0.2) is 11.5 Å². The number of ketones is 1. The average molecular weight is 202 g/mol. The number of hydrogen-bond donors (Lipinski definition) is 1. The van der Waals surface area contributed by atoms with E-state index in [0.29, 0.717) is 5.78 Å². The number of carbonyl (C=O) groups is 1. The van der Waals surface area contributed by atoms with Crippen LogP contribution in [0.4, 0.5) is 0 Å². The predicted molar refractivity (Wildman–Crippen MR) is 61.5 cm³/mol. The van der Waals surface area contributed by atoms with E-state index in [1.165, 1.54) is 38.5 Å². The van der Waals surface area contributed by atoms with Crippen LogP contribution in [0, 0.1) is 0 Å². The Labute approximate surface area is 87.7 Å². The van der Waals surface area contributed by atoms with Crippen LogP contribution in [-0.2, 0) is 4.79 Å². The van der Waals surface area contributed by atoms with E-state index in [1.807, 2.05) is 0 Å². The molecule has 0 radical (unpaired) electrons. The highest BCUT2D eigenvalue weighted by molar-refractivity contribution is 7.80. The smallest absolute Gasteiger partial charge is 0.129 e. The Kier molecular flexibility index (Phi) is 10.1. The number of unbranched alkanes of at least 4 members (excludes halogenated alkanes) is 6. The lowest BCUT2D eigenvalue weighted by Gasteiger charge is -1.99. The van der Waals surface area contributed by atoms with Gasteiger partial charge in [-0.2, -0.15) is 12.6 Å². The summed E-state index contributed by atoms with van der Waals surface area (Å²) in [7, 11) is 0. The summed E-state index contributed by atoms with van der Waals surface area (Å²) in [4.78, 5) is 10.6. The summed E-state index contributed by atoms with van der Waals surface area (Å²) in [6.45, 7) is 1.67. The highest BCUT2D eigenvalue weighted by Gasteiger charge is 1.94. The van der Waals surface area contributed by atoms with Gasteiger partial charge in [0, 0.05) is 6.42 Å². The van der Waals surface area contributed by atoms with Crippen LogP contribution in [0.2, 0.25) is 0 Å². The Morgan fingerprint density at radius 3 is 1.85 bits per heavy atom. The minimum atomic E-state index is 0.329. The number of Topliss-reactive ketones (excluding diaryl/α,β-unsaturated/α-hetero) is 1. The lowest BCUT2D eigenvalue weighted by molar-refractivity contribution is -0.117. The Bertz CT molecular complexity index is 123. The molecule has 0 spiro atoms. The zero-order valence-corrected chi connectivity index (χ0v) is 9.61. The topological polar surface area (TPSA) is 17.1 Å². The van der Waals surface area contributed by atoms with Crippen LogP contribution in [0.15, 0.2) is 0 Å². The molecule has 0 saturated carbocycles. The first-order valence-electron chi connectivity index (χ1n) is 5.37. The third kappa shape index (κ3) is 12.0. The van der Waals surface area contributed by atoms with Gasteiger partial charge in [0.05, 0.1) is 0 Å². The molecule has 0 aromatic heterocycles. The molecular formula is C11H22OS. The summed E-state index contributed by atoms with van der Waals surface area (Å²) in [5.74, 6) is 1.35. The summed E-state index contributed by atoms with van der Waals surface area (Å²) in [6, 6.07) is 0.